The van der Waals surface area contributed by atoms with Crippen LogP contribution in [0.25, 0.3) is 0 Å². The van der Waals surface area contributed by atoms with Gasteiger partial charge in [-0.2, -0.15) is 15.0 Å². The average Bonchev–Trinajstić information content (AvgIpc) is 2.77. The van der Waals surface area contributed by atoms with Crippen LogP contribution in [0.4, 0.5) is 11.9 Å². The van der Waals surface area contributed by atoms with E-state index in [1.54, 1.807) is 31.1 Å². The van der Waals surface area contributed by atoms with Crippen molar-refractivity contribution in [3.05, 3.63) is 40.1 Å². The number of carbonyl (C=O) groups is 1. The van der Waals surface area contributed by atoms with Gasteiger partial charge in [-0.05, 0) is 19.1 Å². The molecule has 2 aromatic heterocycles. The maximum absolute atomic E-state index is 12.7. The maximum atomic E-state index is 12.7. The van der Waals surface area contributed by atoms with Gasteiger partial charge in [0, 0.05) is 39.4 Å². The molecule has 2 aromatic rings. The van der Waals surface area contributed by atoms with Crippen molar-refractivity contribution in [2.45, 2.75) is 13.0 Å². The minimum Gasteiger partial charge on any atom is -0.389 e. The van der Waals surface area contributed by atoms with Crippen molar-refractivity contribution in [1.82, 2.24) is 24.4 Å². The lowest BCUT2D eigenvalue weighted by Crippen LogP contribution is -2.40. The van der Waals surface area contributed by atoms with Gasteiger partial charge in [0.15, 0.2) is 0 Å². The number of hydrogen-bond acceptors (Lipinski definition) is 8. The third-order valence-electron chi connectivity index (χ3n) is 4.18. The van der Waals surface area contributed by atoms with Crippen LogP contribution in [0.2, 0.25) is 0 Å². The minimum absolute atomic E-state index is 0.0795. The summed E-state index contributed by atoms with van der Waals surface area (Å²) in [5.74, 6) is 0.538. The smallest absolute Gasteiger partial charge is 0.263 e. The molecular weight excluding hydrogens is 338 g/mol. The molecular formula is C16H21N7O3. The van der Waals surface area contributed by atoms with Crippen LogP contribution in [0, 0.1) is 6.92 Å². The summed E-state index contributed by atoms with van der Waals surface area (Å²) in [6, 6.07) is 3.14. The molecule has 0 bridgehead atoms. The predicted octanol–water partition coefficient (Wildman–Crippen LogP) is -1.22. The number of hydrogen-bond donors (Lipinski definition) is 2. The lowest BCUT2D eigenvalue weighted by Gasteiger charge is -2.22. The lowest BCUT2D eigenvalue weighted by molar-refractivity contribution is 0.0671. The number of nitrogens with two attached hydrogens (primary N) is 1. The van der Waals surface area contributed by atoms with Gasteiger partial charge in [-0.1, -0.05) is 0 Å². The van der Waals surface area contributed by atoms with E-state index in [4.69, 9.17) is 5.73 Å². The first-order valence-electron chi connectivity index (χ1n) is 8.21. The average molecular weight is 359 g/mol. The Labute approximate surface area is 149 Å². The molecule has 0 spiro atoms. The van der Waals surface area contributed by atoms with E-state index in [2.05, 4.69) is 15.0 Å². The summed E-state index contributed by atoms with van der Waals surface area (Å²) in [5, 5.41) is 10.3. The normalized spacial score (nSPS) is 17.9. The summed E-state index contributed by atoms with van der Waals surface area (Å²) >= 11 is 0. The molecule has 1 amide bonds. The second-order valence-corrected chi connectivity index (χ2v) is 6.23. The molecule has 3 rings (SSSR count). The highest BCUT2D eigenvalue weighted by atomic mass is 16.3. The monoisotopic (exact) mass is 359 g/mol. The Balaban J connectivity index is 1.82. The van der Waals surface area contributed by atoms with Gasteiger partial charge in [-0.3, -0.25) is 9.59 Å². The number of β-amino-alcohol motifs (C(OH)–C–C–N with tert-alkyl or cyclic N) is 1. The van der Waals surface area contributed by atoms with Crippen molar-refractivity contribution >= 4 is 17.8 Å². The molecule has 3 N–H and O–H groups in total. The highest BCUT2D eigenvalue weighted by Gasteiger charge is 2.28. The second-order valence-electron chi connectivity index (χ2n) is 6.23. The van der Waals surface area contributed by atoms with Gasteiger partial charge in [0.1, 0.15) is 11.4 Å². The van der Waals surface area contributed by atoms with E-state index in [0.29, 0.717) is 24.9 Å². The Morgan fingerprint density at radius 1 is 1.27 bits per heavy atom. The quantitative estimate of drug-likeness (QED) is 0.683. The largest absolute Gasteiger partial charge is 0.389 e. The zero-order chi connectivity index (χ0) is 18.8. The maximum Gasteiger partial charge on any atom is 0.263 e. The van der Waals surface area contributed by atoms with Gasteiger partial charge in [0.25, 0.3) is 11.5 Å². The fourth-order valence-corrected chi connectivity index (χ4v) is 2.92. The molecule has 0 aromatic carbocycles. The number of amides is 1. The fraction of sp³-hybridized carbons (Fsp3) is 0.438. The molecule has 1 saturated heterocycles. The number of nitrogen functional groups attached to an aromatic ring is 1. The number of aryl methyl sites for hydroxylation is 2. The highest BCUT2D eigenvalue weighted by molar-refractivity contribution is 5.93. The van der Waals surface area contributed by atoms with Gasteiger partial charge >= 0.3 is 0 Å². The standard InChI is InChI=1S/C16H21N7O3/c1-10-18-15(17)20-16(19-10)23-7-6-22(8-11(24)9-23)14(26)12-4-3-5-21(2)13(12)25/h3-5,11,24H,6-9H2,1-2H3,(H2,17,18,19,20). The first kappa shape index (κ1) is 17.8. The molecule has 1 aliphatic heterocycles. The number of aliphatic hydroxyl groups excluding tert-OH is 1. The van der Waals surface area contributed by atoms with Crippen molar-refractivity contribution in [2.24, 2.45) is 7.05 Å². The van der Waals surface area contributed by atoms with Crippen LogP contribution in [-0.2, 0) is 7.05 Å². The third-order valence-corrected chi connectivity index (χ3v) is 4.18. The predicted molar refractivity (Wildman–Crippen MR) is 94.8 cm³/mol. The van der Waals surface area contributed by atoms with Crippen LogP contribution in [0.3, 0.4) is 0 Å². The molecule has 138 valence electrons. The zero-order valence-corrected chi connectivity index (χ0v) is 14.7. The number of anilines is 2. The SMILES string of the molecule is Cc1nc(N)nc(N2CCN(C(=O)c3cccn(C)c3=O)CC(O)C2)n1. The number of pyridine rings is 1. The van der Waals surface area contributed by atoms with E-state index in [1.165, 1.54) is 15.5 Å². The summed E-state index contributed by atoms with van der Waals surface area (Å²) in [5.41, 5.74) is 5.38. The molecule has 1 fully saturated rings. The van der Waals surface area contributed by atoms with E-state index in [9.17, 15) is 14.7 Å². The van der Waals surface area contributed by atoms with Crippen molar-refractivity contribution in [3.63, 3.8) is 0 Å². The molecule has 26 heavy (non-hydrogen) atoms. The number of nitrogens with zero attached hydrogens (tertiary/aromatic N) is 6. The Kier molecular flexibility index (Phi) is 4.85. The van der Waals surface area contributed by atoms with Crippen molar-refractivity contribution in [2.75, 3.05) is 36.8 Å². The number of aliphatic hydroxyl groups is 1. The Bertz CT molecular complexity index is 862. The number of carbonyl (C=O) groups excluding carboxylic acids is 1. The summed E-state index contributed by atoms with van der Waals surface area (Å²) < 4.78 is 1.35. The van der Waals surface area contributed by atoms with Crippen LogP contribution in [0.1, 0.15) is 16.2 Å². The minimum atomic E-state index is -0.813. The molecule has 1 aliphatic rings. The van der Waals surface area contributed by atoms with E-state index < -0.39 is 12.0 Å². The summed E-state index contributed by atoms with van der Waals surface area (Å²) in [6.07, 6.45) is 0.776. The summed E-state index contributed by atoms with van der Waals surface area (Å²) in [7, 11) is 1.59. The molecule has 10 heteroatoms. The van der Waals surface area contributed by atoms with Crippen LogP contribution in [0.5, 0.6) is 0 Å². The molecule has 3 heterocycles. The van der Waals surface area contributed by atoms with Gasteiger partial charge < -0.3 is 25.2 Å². The fourth-order valence-electron chi connectivity index (χ4n) is 2.92. The summed E-state index contributed by atoms with van der Waals surface area (Å²) in [6.45, 7) is 2.79. The van der Waals surface area contributed by atoms with Crippen molar-refractivity contribution < 1.29 is 9.90 Å². The van der Waals surface area contributed by atoms with Crippen LogP contribution in [0.15, 0.2) is 23.1 Å². The van der Waals surface area contributed by atoms with E-state index >= 15 is 0 Å². The molecule has 1 atom stereocenters. The molecule has 1 unspecified atom stereocenters. The lowest BCUT2D eigenvalue weighted by atomic mass is 10.2. The van der Waals surface area contributed by atoms with E-state index in [0.717, 1.165) is 0 Å². The molecule has 10 nitrogen and oxygen atoms in total. The van der Waals surface area contributed by atoms with E-state index in [-0.39, 0.29) is 30.2 Å². The zero-order valence-electron chi connectivity index (χ0n) is 14.7. The topological polar surface area (TPSA) is 130 Å². The van der Waals surface area contributed by atoms with Gasteiger partial charge in [-0.25, -0.2) is 0 Å². The first-order chi connectivity index (χ1) is 12.3. The van der Waals surface area contributed by atoms with Gasteiger partial charge in [0.2, 0.25) is 11.9 Å². The number of rotatable bonds is 2. The van der Waals surface area contributed by atoms with Gasteiger partial charge in [-0.15, -0.1) is 0 Å². The van der Waals surface area contributed by atoms with Gasteiger partial charge in [0.05, 0.1) is 6.10 Å². The Morgan fingerprint density at radius 3 is 2.77 bits per heavy atom. The first-order valence-corrected chi connectivity index (χ1v) is 8.21. The van der Waals surface area contributed by atoms with Crippen molar-refractivity contribution in [1.29, 1.82) is 0 Å². The Morgan fingerprint density at radius 2 is 2.04 bits per heavy atom. The van der Waals surface area contributed by atoms with E-state index in [1.807, 2.05) is 0 Å². The summed E-state index contributed by atoms with van der Waals surface area (Å²) in [4.78, 5) is 40.4. The van der Waals surface area contributed by atoms with Crippen LogP contribution in [-0.4, -0.2) is 67.7 Å². The Hall–Kier alpha value is -3.01. The van der Waals surface area contributed by atoms with Crippen LogP contribution < -0.4 is 16.2 Å². The number of aromatic nitrogens is 4. The van der Waals surface area contributed by atoms with Crippen molar-refractivity contribution in [3.8, 4) is 0 Å². The molecule has 0 radical (unpaired) electrons. The third kappa shape index (κ3) is 3.64. The second kappa shape index (κ2) is 7.08. The van der Waals surface area contributed by atoms with Crippen LogP contribution >= 0.6 is 0 Å². The molecule has 0 saturated carbocycles. The molecule has 0 aliphatic carbocycles. The highest BCUT2D eigenvalue weighted by Crippen LogP contribution is 2.14.